The molecule has 4 nitrogen and oxygen atoms in total. The molecule has 0 saturated carbocycles. The van der Waals surface area contributed by atoms with Gasteiger partial charge in [0.15, 0.2) is 0 Å². The first-order chi connectivity index (χ1) is 7.12. The van der Waals surface area contributed by atoms with E-state index in [2.05, 4.69) is 10.3 Å². The maximum absolute atomic E-state index is 11.7. The maximum atomic E-state index is 11.7. The molecule has 0 aromatic carbocycles. The highest BCUT2D eigenvalue weighted by Gasteiger charge is 2.31. The molecule has 0 spiro atoms. The number of rotatable bonds is 3. The number of nitriles is 1. The lowest BCUT2D eigenvalue weighted by molar-refractivity contribution is -0.122. The number of anilines is 1. The first-order valence-electron chi connectivity index (χ1n) is 4.75. The minimum absolute atomic E-state index is 0.291. The summed E-state index contributed by atoms with van der Waals surface area (Å²) in [6.07, 6.45) is 3.65. The molecule has 0 aliphatic heterocycles. The van der Waals surface area contributed by atoms with E-state index in [0.717, 1.165) is 0 Å². The molecule has 15 heavy (non-hydrogen) atoms. The molecule has 1 rings (SSSR count). The minimum atomic E-state index is -0.976. The number of amides is 1. The van der Waals surface area contributed by atoms with Gasteiger partial charge in [-0.3, -0.25) is 9.78 Å². The van der Waals surface area contributed by atoms with E-state index >= 15 is 0 Å². The van der Waals surface area contributed by atoms with E-state index in [4.69, 9.17) is 5.26 Å². The van der Waals surface area contributed by atoms with Gasteiger partial charge in [0.2, 0.25) is 5.91 Å². The van der Waals surface area contributed by atoms with Gasteiger partial charge in [0.1, 0.15) is 5.41 Å². The van der Waals surface area contributed by atoms with Crippen LogP contribution in [0.5, 0.6) is 0 Å². The van der Waals surface area contributed by atoms with Crippen LogP contribution in [0.3, 0.4) is 0 Å². The van der Waals surface area contributed by atoms with Gasteiger partial charge >= 0.3 is 0 Å². The summed E-state index contributed by atoms with van der Waals surface area (Å²) in [4.78, 5) is 15.6. The Kier molecular flexibility index (Phi) is 3.40. The van der Waals surface area contributed by atoms with E-state index in [9.17, 15) is 4.79 Å². The Labute approximate surface area is 88.9 Å². The summed E-state index contributed by atoms with van der Waals surface area (Å²) in [6, 6.07) is 5.48. The van der Waals surface area contributed by atoms with Gasteiger partial charge in [0, 0.05) is 6.20 Å². The highest BCUT2D eigenvalue weighted by atomic mass is 16.2. The SMILES string of the molecule is CCC(C)(C#N)C(=O)Nc1cccnc1. The van der Waals surface area contributed by atoms with Crippen molar-refractivity contribution in [1.82, 2.24) is 4.98 Å². The van der Waals surface area contributed by atoms with Crippen molar-refractivity contribution in [3.05, 3.63) is 24.5 Å². The predicted octanol–water partition coefficient (Wildman–Crippen LogP) is 1.96. The minimum Gasteiger partial charge on any atom is -0.323 e. The third-order valence-electron chi connectivity index (χ3n) is 2.37. The van der Waals surface area contributed by atoms with E-state index < -0.39 is 5.41 Å². The smallest absolute Gasteiger partial charge is 0.244 e. The van der Waals surface area contributed by atoms with Crippen molar-refractivity contribution in [2.75, 3.05) is 5.32 Å². The number of nitrogens with one attached hydrogen (secondary N) is 1. The number of hydrogen-bond donors (Lipinski definition) is 1. The van der Waals surface area contributed by atoms with Crippen LogP contribution >= 0.6 is 0 Å². The lowest BCUT2D eigenvalue weighted by Gasteiger charge is -2.18. The Morgan fingerprint density at radius 1 is 1.73 bits per heavy atom. The molecule has 1 unspecified atom stereocenters. The van der Waals surface area contributed by atoms with Crippen LogP contribution in [0.2, 0.25) is 0 Å². The zero-order chi connectivity index (χ0) is 11.3. The molecule has 0 fully saturated rings. The Bertz CT molecular complexity index is 383. The third-order valence-corrected chi connectivity index (χ3v) is 2.37. The van der Waals surface area contributed by atoms with E-state index in [-0.39, 0.29) is 5.91 Å². The lowest BCUT2D eigenvalue weighted by Crippen LogP contribution is -2.31. The molecule has 0 saturated heterocycles. The Morgan fingerprint density at radius 2 is 2.47 bits per heavy atom. The molecule has 1 aromatic heterocycles. The van der Waals surface area contributed by atoms with Crippen LogP contribution in [0.15, 0.2) is 24.5 Å². The summed E-state index contributed by atoms with van der Waals surface area (Å²) >= 11 is 0. The molecular formula is C11H13N3O. The lowest BCUT2D eigenvalue weighted by atomic mass is 9.88. The largest absolute Gasteiger partial charge is 0.323 e. The van der Waals surface area contributed by atoms with Crippen LogP contribution in [0.25, 0.3) is 0 Å². The normalized spacial score (nSPS) is 13.7. The zero-order valence-electron chi connectivity index (χ0n) is 8.82. The zero-order valence-corrected chi connectivity index (χ0v) is 8.82. The van der Waals surface area contributed by atoms with Crippen molar-refractivity contribution in [1.29, 1.82) is 5.26 Å². The van der Waals surface area contributed by atoms with Gasteiger partial charge in [-0.1, -0.05) is 6.92 Å². The van der Waals surface area contributed by atoms with E-state index in [1.165, 1.54) is 0 Å². The first kappa shape index (κ1) is 11.2. The number of carbonyl (C=O) groups excluding carboxylic acids is 1. The van der Waals surface area contributed by atoms with Crippen molar-refractivity contribution in [3.63, 3.8) is 0 Å². The van der Waals surface area contributed by atoms with E-state index in [1.54, 1.807) is 31.5 Å². The number of pyridine rings is 1. The van der Waals surface area contributed by atoms with Gasteiger partial charge < -0.3 is 5.32 Å². The fourth-order valence-corrected chi connectivity index (χ4v) is 0.996. The number of aromatic nitrogens is 1. The molecule has 1 amide bonds. The summed E-state index contributed by atoms with van der Waals surface area (Å²) in [5.74, 6) is -0.291. The molecule has 4 heteroatoms. The molecule has 1 N–H and O–H groups in total. The standard InChI is InChI=1S/C11H13N3O/c1-3-11(2,8-12)10(15)14-9-5-4-6-13-7-9/h4-7H,3H2,1-2H3,(H,14,15). The molecule has 1 heterocycles. The predicted molar refractivity (Wildman–Crippen MR) is 56.9 cm³/mol. The van der Waals surface area contributed by atoms with E-state index in [1.807, 2.05) is 13.0 Å². The van der Waals surface area contributed by atoms with Crippen LogP contribution in [-0.2, 0) is 4.79 Å². The van der Waals surface area contributed by atoms with E-state index in [0.29, 0.717) is 12.1 Å². The topological polar surface area (TPSA) is 65.8 Å². The highest BCUT2D eigenvalue weighted by molar-refractivity contribution is 5.96. The molecular weight excluding hydrogens is 190 g/mol. The molecule has 0 bridgehead atoms. The van der Waals surface area contributed by atoms with Crippen LogP contribution in [-0.4, -0.2) is 10.9 Å². The molecule has 0 aliphatic rings. The average Bonchev–Trinajstić information content (AvgIpc) is 2.29. The van der Waals surface area contributed by atoms with Crippen molar-refractivity contribution in [2.24, 2.45) is 5.41 Å². The van der Waals surface area contributed by atoms with Crippen LogP contribution in [0.1, 0.15) is 20.3 Å². The number of carbonyl (C=O) groups is 1. The van der Waals surface area contributed by atoms with Gasteiger partial charge in [-0.15, -0.1) is 0 Å². The molecule has 1 atom stereocenters. The first-order valence-corrected chi connectivity index (χ1v) is 4.75. The van der Waals surface area contributed by atoms with Gasteiger partial charge in [-0.25, -0.2) is 0 Å². The van der Waals surface area contributed by atoms with Crippen LogP contribution < -0.4 is 5.32 Å². The summed E-state index contributed by atoms with van der Waals surface area (Å²) in [6.45, 7) is 3.44. The molecule has 78 valence electrons. The number of hydrogen-bond acceptors (Lipinski definition) is 3. The third kappa shape index (κ3) is 2.53. The monoisotopic (exact) mass is 203 g/mol. The van der Waals surface area contributed by atoms with Crippen molar-refractivity contribution >= 4 is 11.6 Å². The second kappa shape index (κ2) is 4.56. The average molecular weight is 203 g/mol. The quantitative estimate of drug-likeness (QED) is 0.816. The second-order valence-electron chi connectivity index (χ2n) is 3.49. The van der Waals surface area contributed by atoms with Crippen molar-refractivity contribution in [3.8, 4) is 6.07 Å². The fraction of sp³-hybridized carbons (Fsp3) is 0.364. The maximum Gasteiger partial charge on any atom is 0.244 e. The van der Waals surface area contributed by atoms with Crippen molar-refractivity contribution in [2.45, 2.75) is 20.3 Å². The summed E-state index contributed by atoms with van der Waals surface area (Å²) in [7, 11) is 0. The Morgan fingerprint density at radius 3 is 2.93 bits per heavy atom. The van der Waals surface area contributed by atoms with Gasteiger partial charge in [0.05, 0.1) is 18.0 Å². The van der Waals surface area contributed by atoms with Crippen molar-refractivity contribution < 1.29 is 4.79 Å². The van der Waals surface area contributed by atoms with Crippen LogP contribution in [0, 0.1) is 16.7 Å². The fourth-order valence-electron chi connectivity index (χ4n) is 0.996. The Hall–Kier alpha value is -1.89. The van der Waals surface area contributed by atoms with Gasteiger partial charge in [-0.05, 0) is 25.5 Å². The highest BCUT2D eigenvalue weighted by Crippen LogP contribution is 2.21. The molecule has 1 aromatic rings. The molecule has 0 radical (unpaired) electrons. The summed E-state index contributed by atoms with van der Waals surface area (Å²) in [5.41, 5.74) is -0.368. The number of nitrogens with zero attached hydrogens (tertiary/aromatic N) is 2. The second-order valence-corrected chi connectivity index (χ2v) is 3.49. The summed E-state index contributed by atoms with van der Waals surface area (Å²) in [5, 5.41) is 11.6. The van der Waals surface area contributed by atoms with Crippen LogP contribution in [0.4, 0.5) is 5.69 Å². The Balaban J connectivity index is 2.77. The molecule has 0 aliphatic carbocycles. The summed E-state index contributed by atoms with van der Waals surface area (Å²) < 4.78 is 0. The van der Waals surface area contributed by atoms with Gasteiger partial charge in [0.25, 0.3) is 0 Å². The van der Waals surface area contributed by atoms with Gasteiger partial charge in [-0.2, -0.15) is 5.26 Å².